The van der Waals surface area contributed by atoms with Crippen LogP contribution >= 0.6 is 27.3 Å². The summed E-state index contributed by atoms with van der Waals surface area (Å²) < 4.78 is 12.2. The average Bonchev–Trinajstić information content (AvgIpc) is 3.28. The minimum atomic E-state index is -0.311. The van der Waals surface area contributed by atoms with Crippen LogP contribution in [0.4, 0.5) is 11.4 Å². The van der Waals surface area contributed by atoms with Crippen LogP contribution in [-0.2, 0) is 4.79 Å². The van der Waals surface area contributed by atoms with E-state index in [-0.39, 0.29) is 17.7 Å². The number of ketones is 1. The van der Waals surface area contributed by atoms with Gasteiger partial charge in [0.1, 0.15) is 0 Å². The molecule has 2 atom stereocenters. The van der Waals surface area contributed by atoms with E-state index in [9.17, 15) is 4.79 Å². The maximum absolute atomic E-state index is 13.6. The first-order chi connectivity index (χ1) is 16.1. The summed E-state index contributed by atoms with van der Waals surface area (Å²) >= 11 is 5.35. The van der Waals surface area contributed by atoms with Crippen LogP contribution in [0.3, 0.4) is 0 Å². The van der Waals surface area contributed by atoms with Gasteiger partial charge in [-0.15, -0.1) is 11.3 Å². The molecule has 2 N–H and O–H groups in total. The molecule has 170 valence electrons. The standard InChI is InChI=1S/C26H25BrN2O3S/c1-3-32-22-14-16(11-17(27)26(22)31-2)25-24-20(28-18-7-4-5-8-19(18)29-25)12-15(13-21(24)30)23-9-6-10-33-23/h4-11,14-15,25,28-29H,3,12-13H2,1-2H3/t15-,25-/m1/s1. The second-order valence-electron chi connectivity index (χ2n) is 8.15. The van der Waals surface area contributed by atoms with E-state index in [1.807, 2.05) is 43.3 Å². The van der Waals surface area contributed by atoms with E-state index < -0.39 is 0 Å². The van der Waals surface area contributed by atoms with Gasteiger partial charge >= 0.3 is 0 Å². The van der Waals surface area contributed by atoms with Gasteiger partial charge in [-0.05, 0) is 70.5 Å². The molecule has 0 spiro atoms. The summed E-state index contributed by atoms with van der Waals surface area (Å²) in [5, 5.41) is 9.30. The molecule has 3 aromatic rings. The first kappa shape index (κ1) is 22.0. The molecule has 0 fully saturated rings. The van der Waals surface area contributed by atoms with Crippen molar-refractivity contribution < 1.29 is 14.3 Å². The monoisotopic (exact) mass is 524 g/mol. The highest BCUT2D eigenvalue weighted by molar-refractivity contribution is 9.10. The first-order valence-electron chi connectivity index (χ1n) is 11.0. The van der Waals surface area contributed by atoms with Crippen LogP contribution in [0.25, 0.3) is 0 Å². The number of halogens is 1. The average molecular weight is 525 g/mol. The van der Waals surface area contributed by atoms with Gasteiger partial charge in [0.15, 0.2) is 17.3 Å². The predicted octanol–water partition coefficient (Wildman–Crippen LogP) is 6.90. The lowest BCUT2D eigenvalue weighted by Crippen LogP contribution is -2.26. The zero-order valence-corrected chi connectivity index (χ0v) is 20.9. The van der Waals surface area contributed by atoms with Crippen LogP contribution < -0.4 is 20.1 Å². The van der Waals surface area contributed by atoms with E-state index in [1.54, 1.807) is 18.4 Å². The second kappa shape index (κ2) is 9.23. The van der Waals surface area contributed by atoms with Gasteiger partial charge in [0, 0.05) is 28.5 Å². The number of anilines is 2. The van der Waals surface area contributed by atoms with Gasteiger partial charge in [0.2, 0.25) is 0 Å². The summed E-state index contributed by atoms with van der Waals surface area (Å²) in [6.45, 7) is 2.46. The Morgan fingerprint density at radius 2 is 1.94 bits per heavy atom. The number of para-hydroxylation sites is 2. The number of rotatable bonds is 5. The van der Waals surface area contributed by atoms with Crippen LogP contribution in [0, 0.1) is 0 Å². The summed E-state index contributed by atoms with van der Waals surface area (Å²) in [6, 6.07) is 15.9. The van der Waals surface area contributed by atoms with Gasteiger partial charge in [-0.2, -0.15) is 0 Å². The third-order valence-electron chi connectivity index (χ3n) is 6.12. The third kappa shape index (κ3) is 4.15. The third-order valence-corrected chi connectivity index (χ3v) is 7.75. The maximum atomic E-state index is 13.6. The number of ether oxygens (including phenoxy) is 2. The van der Waals surface area contributed by atoms with Crippen molar-refractivity contribution in [1.82, 2.24) is 0 Å². The van der Waals surface area contributed by atoms with Crippen LogP contribution in [-0.4, -0.2) is 19.5 Å². The predicted molar refractivity (Wildman–Crippen MR) is 137 cm³/mol. The Bertz CT molecular complexity index is 1220. The number of benzene rings is 2. The molecule has 0 radical (unpaired) electrons. The molecule has 5 rings (SSSR count). The van der Waals surface area contributed by atoms with Gasteiger partial charge in [0.05, 0.1) is 35.6 Å². The van der Waals surface area contributed by atoms with Crippen LogP contribution in [0.5, 0.6) is 11.5 Å². The van der Waals surface area contributed by atoms with Gasteiger partial charge in [-0.25, -0.2) is 0 Å². The molecule has 2 aromatic carbocycles. The summed E-state index contributed by atoms with van der Waals surface area (Å²) in [6.07, 6.45) is 1.30. The fourth-order valence-corrected chi connectivity index (χ4v) is 6.13. The van der Waals surface area contributed by atoms with Gasteiger partial charge in [0.25, 0.3) is 0 Å². The van der Waals surface area contributed by atoms with Crippen LogP contribution in [0.1, 0.15) is 42.2 Å². The number of hydrogen-bond donors (Lipinski definition) is 2. The Morgan fingerprint density at radius 1 is 1.12 bits per heavy atom. The van der Waals surface area contributed by atoms with Crippen molar-refractivity contribution in [1.29, 1.82) is 0 Å². The van der Waals surface area contributed by atoms with Crippen molar-refractivity contribution in [2.75, 3.05) is 24.4 Å². The van der Waals surface area contributed by atoms with Crippen molar-refractivity contribution in [2.24, 2.45) is 0 Å². The Kier molecular flexibility index (Phi) is 6.17. The Hall–Kier alpha value is -2.77. The first-order valence-corrected chi connectivity index (χ1v) is 12.7. The van der Waals surface area contributed by atoms with Crippen molar-refractivity contribution in [2.45, 2.75) is 31.7 Å². The van der Waals surface area contributed by atoms with Crippen molar-refractivity contribution in [3.8, 4) is 11.5 Å². The molecule has 0 amide bonds. The Labute approximate surface area is 205 Å². The molecule has 1 aliphatic carbocycles. The number of allylic oxidation sites excluding steroid dienone is 1. The van der Waals surface area contributed by atoms with Gasteiger partial charge < -0.3 is 20.1 Å². The topological polar surface area (TPSA) is 59.6 Å². The lowest BCUT2D eigenvalue weighted by atomic mass is 9.80. The molecule has 2 aliphatic rings. The van der Waals surface area contributed by atoms with Crippen LogP contribution in [0.15, 0.2) is 69.7 Å². The molecule has 0 unspecified atom stereocenters. The summed E-state index contributed by atoms with van der Waals surface area (Å²) in [7, 11) is 1.63. The summed E-state index contributed by atoms with van der Waals surface area (Å²) in [5.74, 6) is 1.65. The second-order valence-corrected chi connectivity index (χ2v) is 9.98. The number of carbonyl (C=O) groups is 1. The molecule has 7 heteroatoms. The molecule has 2 heterocycles. The minimum Gasteiger partial charge on any atom is -0.492 e. The fourth-order valence-electron chi connectivity index (χ4n) is 4.68. The summed E-state index contributed by atoms with van der Waals surface area (Å²) in [5.41, 5.74) is 4.66. The largest absolute Gasteiger partial charge is 0.492 e. The van der Waals surface area contributed by atoms with Crippen LogP contribution in [0.2, 0.25) is 0 Å². The number of carbonyl (C=O) groups excluding carboxylic acids is 1. The van der Waals surface area contributed by atoms with E-state index in [2.05, 4.69) is 44.1 Å². The number of methoxy groups -OCH3 is 1. The Morgan fingerprint density at radius 3 is 2.67 bits per heavy atom. The molecular weight excluding hydrogens is 500 g/mol. The number of fused-ring (bicyclic) bond motifs is 1. The van der Waals surface area contributed by atoms with E-state index >= 15 is 0 Å². The van der Waals surface area contributed by atoms with E-state index in [0.29, 0.717) is 24.5 Å². The maximum Gasteiger partial charge on any atom is 0.174 e. The van der Waals surface area contributed by atoms with Crippen molar-refractivity contribution in [3.63, 3.8) is 0 Å². The lowest BCUT2D eigenvalue weighted by molar-refractivity contribution is -0.116. The van der Waals surface area contributed by atoms with Gasteiger partial charge in [-0.1, -0.05) is 18.2 Å². The molecule has 1 aliphatic heterocycles. The quantitative estimate of drug-likeness (QED) is 0.380. The lowest BCUT2D eigenvalue weighted by Gasteiger charge is -2.29. The minimum absolute atomic E-state index is 0.164. The molecule has 33 heavy (non-hydrogen) atoms. The Balaban J connectivity index is 1.64. The van der Waals surface area contributed by atoms with E-state index in [0.717, 1.165) is 39.1 Å². The SMILES string of the molecule is CCOc1cc([C@H]2Nc3ccccc3NC3=C2C(=O)C[C@H](c2cccs2)C3)cc(Br)c1OC. The molecular formula is C26H25BrN2O3S. The highest BCUT2D eigenvalue weighted by Crippen LogP contribution is 2.47. The smallest absolute Gasteiger partial charge is 0.174 e. The molecule has 1 aromatic heterocycles. The van der Waals surface area contributed by atoms with E-state index in [1.165, 1.54) is 4.88 Å². The molecule has 0 saturated heterocycles. The van der Waals surface area contributed by atoms with Crippen molar-refractivity contribution >= 4 is 44.4 Å². The van der Waals surface area contributed by atoms with Crippen molar-refractivity contribution in [3.05, 3.63) is 80.1 Å². The molecule has 0 bridgehead atoms. The molecule has 5 nitrogen and oxygen atoms in total. The molecule has 0 saturated carbocycles. The highest BCUT2D eigenvalue weighted by Gasteiger charge is 2.36. The van der Waals surface area contributed by atoms with Gasteiger partial charge in [-0.3, -0.25) is 4.79 Å². The zero-order chi connectivity index (χ0) is 22.9. The number of hydrogen-bond acceptors (Lipinski definition) is 6. The normalized spacial score (nSPS) is 19.7. The summed E-state index contributed by atoms with van der Waals surface area (Å²) in [4.78, 5) is 14.9. The zero-order valence-electron chi connectivity index (χ0n) is 18.5. The number of nitrogens with one attached hydrogen (secondary N) is 2. The highest BCUT2D eigenvalue weighted by atomic mass is 79.9. The fraction of sp³-hybridized carbons (Fsp3) is 0.269. The number of thiophene rings is 1. The van der Waals surface area contributed by atoms with E-state index in [4.69, 9.17) is 9.47 Å². The number of Topliss-reactive ketones (excluding diaryl/α,β-unsaturated/α-hetero) is 1.